The highest BCUT2D eigenvalue weighted by Crippen LogP contribution is 2.29. The predicted octanol–water partition coefficient (Wildman–Crippen LogP) is 2.82. The Hall–Kier alpha value is -3.47. The molecule has 152 valence electrons. The molecule has 1 aromatic carbocycles. The molecular formula is C18H17F3N6O2. The van der Waals surface area contributed by atoms with Crippen molar-refractivity contribution in [1.82, 2.24) is 19.7 Å². The van der Waals surface area contributed by atoms with Crippen molar-refractivity contribution in [3.05, 3.63) is 54.1 Å². The highest BCUT2D eigenvalue weighted by atomic mass is 19.4. The number of carboxylic acids is 1. The summed E-state index contributed by atoms with van der Waals surface area (Å²) in [4.78, 5) is 18.2. The summed E-state index contributed by atoms with van der Waals surface area (Å²) in [6, 6.07) is 5.00. The molecule has 29 heavy (non-hydrogen) atoms. The minimum absolute atomic E-state index is 0.00430. The molecule has 3 rings (SSSR count). The molecule has 0 radical (unpaired) electrons. The molecule has 4 N–H and O–H groups in total. The molecule has 0 saturated heterocycles. The first-order valence-electron chi connectivity index (χ1n) is 8.42. The van der Waals surface area contributed by atoms with Crippen LogP contribution in [0.3, 0.4) is 0 Å². The van der Waals surface area contributed by atoms with Crippen LogP contribution < -0.4 is 11.1 Å². The number of anilines is 2. The largest absolute Gasteiger partial charge is 0.480 e. The zero-order valence-corrected chi connectivity index (χ0v) is 15.2. The van der Waals surface area contributed by atoms with Gasteiger partial charge in [-0.25, -0.2) is 9.97 Å². The fraction of sp³-hybridized carbons (Fsp3) is 0.222. The molecule has 8 nitrogen and oxygen atoms in total. The summed E-state index contributed by atoms with van der Waals surface area (Å²) < 4.78 is 39.9. The number of aromatic nitrogens is 4. The average molecular weight is 406 g/mol. The molecule has 11 heteroatoms. The quantitative estimate of drug-likeness (QED) is 0.576. The van der Waals surface area contributed by atoms with Crippen molar-refractivity contribution in [3.63, 3.8) is 0 Å². The molecule has 0 saturated carbocycles. The number of rotatable bonds is 6. The van der Waals surface area contributed by atoms with Gasteiger partial charge >= 0.3 is 12.1 Å². The Balaban J connectivity index is 1.84. The Morgan fingerprint density at radius 2 is 2.07 bits per heavy atom. The topological polar surface area (TPSA) is 119 Å². The van der Waals surface area contributed by atoms with Crippen LogP contribution in [0.1, 0.15) is 11.3 Å². The number of aliphatic carboxylic acids is 1. The van der Waals surface area contributed by atoms with Crippen molar-refractivity contribution in [1.29, 1.82) is 0 Å². The Bertz CT molecular complexity index is 1030. The molecule has 0 aliphatic carbocycles. The number of halogens is 3. The summed E-state index contributed by atoms with van der Waals surface area (Å²) in [5.41, 5.74) is 7.23. The van der Waals surface area contributed by atoms with E-state index in [4.69, 9.17) is 10.8 Å². The van der Waals surface area contributed by atoms with Crippen molar-refractivity contribution in [2.75, 3.05) is 5.32 Å². The van der Waals surface area contributed by atoms with Crippen molar-refractivity contribution >= 4 is 17.6 Å². The van der Waals surface area contributed by atoms with Gasteiger partial charge in [0.25, 0.3) is 0 Å². The van der Waals surface area contributed by atoms with Crippen LogP contribution in [-0.4, -0.2) is 36.9 Å². The first-order valence-corrected chi connectivity index (χ1v) is 8.42. The minimum atomic E-state index is -4.57. The predicted molar refractivity (Wildman–Crippen MR) is 98.3 cm³/mol. The highest BCUT2D eigenvalue weighted by Gasteiger charge is 2.32. The number of nitrogens with one attached hydrogen (secondary N) is 1. The van der Waals surface area contributed by atoms with E-state index < -0.39 is 23.9 Å². The van der Waals surface area contributed by atoms with Gasteiger partial charge in [0.15, 0.2) is 0 Å². The second kappa shape index (κ2) is 7.87. The second-order valence-corrected chi connectivity index (χ2v) is 6.37. The van der Waals surface area contributed by atoms with Gasteiger partial charge in [-0.1, -0.05) is 6.07 Å². The van der Waals surface area contributed by atoms with Crippen LogP contribution in [-0.2, 0) is 17.5 Å². The monoisotopic (exact) mass is 406 g/mol. The van der Waals surface area contributed by atoms with E-state index in [2.05, 4.69) is 20.4 Å². The van der Waals surface area contributed by atoms with E-state index in [9.17, 15) is 18.0 Å². The van der Waals surface area contributed by atoms with Gasteiger partial charge in [-0.15, -0.1) is 0 Å². The first kappa shape index (κ1) is 20.3. The Morgan fingerprint density at radius 3 is 2.76 bits per heavy atom. The van der Waals surface area contributed by atoms with Gasteiger partial charge in [0.1, 0.15) is 11.7 Å². The van der Waals surface area contributed by atoms with Crippen LogP contribution in [0, 0.1) is 6.92 Å². The SMILES string of the molecule is Cc1cc(Nc2nccc(C(F)(F)F)n2)cc(-c2cnn(C[C@H](N)C(=O)O)c2)c1. The van der Waals surface area contributed by atoms with Crippen LogP contribution in [0.2, 0.25) is 0 Å². The van der Waals surface area contributed by atoms with E-state index in [0.717, 1.165) is 23.4 Å². The molecule has 1 atom stereocenters. The summed E-state index contributed by atoms with van der Waals surface area (Å²) in [6.07, 6.45) is -0.344. The van der Waals surface area contributed by atoms with Gasteiger partial charge in [0.05, 0.1) is 12.7 Å². The van der Waals surface area contributed by atoms with Crippen molar-refractivity contribution in [3.8, 4) is 11.1 Å². The smallest absolute Gasteiger partial charge is 0.433 e. The molecule has 0 unspecified atom stereocenters. The lowest BCUT2D eigenvalue weighted by Crippen LogP contribution is -2.34. The van der Waals surface area contributed by atoms with Gasteiger partial charge in [-0.05, 0) is 36.2 Å². The van der Waals surface area contributed by atoms with Crippen LogP contribution in [0.15, 0.2) is 42.9 Å². The summed E-state index contributed by atoms with van der Waals surface area (Å²) in [6.45, 7) is 1.83. The van der Waals surface area contributed by atoms with Gasteiger partial charge in [-0.2, -0.15) is 18.3 Å². The van der Waals surface area contributed by atoms with Crippen LogP contribution in [0.5, 0.6) is 0 Å². The van der Waals surface area contributed by atoms with E-state index in [1.807, 2.05) is 13.0 Å². The maximum absolute atomic E-state index is 12.8. The molecule has 0 aliphatic heterocycles. The lowest BCUT2D eigenvalue weighted by Gasteiger charge is -2.10. The standard InChI is InChI=1S/C18H17F3N6O2/c1-10-4-11(12-7-24-27(8-12)9-14(22)16(28)29)6-13(5-10)25-17-23-3-2-15(26-17)18(19,20)21/h2-8,14H,9,22H2,1H3,(H,28,29)(H,23,25,26)/t14-/m0/s1. The molecule has 0 amide bonds. The highest BCUT2D eigenvalue weighted by molar-refractivity contribution is 5.73. The van der Waals surface area contributed by atoms with Gasteiger partial charge < -0.3 is 16.2 Å². The molecule has 2 heterocycles. The zero-order chi connectivity index (χ0) is 21.2. The third kappa shape index (κ3) is 5.08. The average Bonchev–Trinajstić information content (AvgIpc) is 3.09. The van der Waals surface area contributed by atoms with Gasteiger partial charge in [0, 0.05) is 23.6 Å². The number of carboxylic acid groups (broad SMARTS) is 1. The van der Waals surface area contributed by atoms with E-state index >= 15 is 0 Å². The fourth-order valence-electron chi connectivity index (χ4n) is 2.62. The Kier molecular flexibility index (Phi) is 5.50. The molecule has 0 spiro atoms. The molecule has 2 aromatic heterocycles. The number of hydrogen-bond donors (Lipinski definition) is 3. The Morgan fingerprint density at radius 1 is 1.31 bits per heavy atom. The fourth-order valence-corrected chi connectivity index (χ4v) is 2.62. The van der Waals surface area contributed by atoms with Crippen molar-refractivity contribution < 1.29 is 23.1 Å². The third-order valence-electron chi connectivity index (χ3n) is 3.95. The summed E-state index contributed by atoms with van der Waals surface area (Å²) >= 11 is 0. The molecular weight excluding hydrogens is 389 g/mol. The number of alkyl halides is 3. The summed E-state index contributed by atoms with van der Waals surface area (Å²) in [5, 5.41) is 15.8. The minimum Gasteiger partial charge on any atom is -0.480 e. The van der Waals surface area contributed by atoms with Crippen molar-refractivity contribution in [2.45, 2.75) is 25.7 Å². The number of nitrogens with zero attached hydrogens (tertiary/aromatic N) is 4. The van der Waals surface area contributed by atoms with E-state index in [1.54, 1.807) is 24.5 Å². The summed E-state index contributed by atoms with van der Waals surface area (Å²) in [7, 11) is 0. The third-order valence-corrected chi connectivity index (χ3v) is 3.95. The van der Waals surface area contributed by atoms with Crippen molar-refractivity contribution in [2.24, 2.45) is 5.73 Å². The van der Waals surface area contributed by atoms with Crippen LogP contribution in [0.4, 0.5) is 24.8 Å². The number of aryl methyl sites for hydroxylation is 1. The van der Waals surface area contributed by atoms with Crippen LogP contribution >= 0.6 is 0 Å². The number of benzene rings is 1. The second-order valence-electron chi connectivity index (χ2n) is 6.37. The summed E-state index contributed by atoms with van der Waals surface area (Å²) in [5.74, 6) is -1.32. The van der Waals surface area contributed by atoms with E-state index in [-0.39, 0.29) is 12.5 Å². The van der Waals surface area contributed by atoms with Gasteiger partial charge in [0.2, 0.25) is 5.95 Å². The normalized spacial score (nSPS) is 12.6. The number of carbonyl (C=O) groups is 1. The van der Waals surface area contributed by atoms with E-state index in [0.29, 0.717) is 11.3 Å². The van der Waals surface area contributed by atoms with Gasteiger partial charge in [-0.3, -0.25) is 9.48 Å². The number of nitrogens with two attached hydrogens (primary N) is 1. The first-order chi connectivity index (χ1) is 13.6. The lowest BCUT2D eigenvalue weighted by atomic mass is 10.1. The zero-order valence-electron chi connectivity index (χ0n) is 15.2. The van der Waals surface area contributed by atoms with Crippen LogP contribution in [0.25, 0.3) is 11.1 Å². The molecule has 3 aromatic rings. The molecule has 0 bridgehead atoms. The number of hydrogen-bond acceptors (Lipinski definition) is 6. The lowest BCUT2D eigenvalue weighted by molar-refractivity contribution is -0.141. The molecule has 0 aliphatic rings. The Labute approximate surface area is 163 Å². The molecule has 0 fully saturated rings. The maximum Gasteiger partial charge on any atom is 0.433 e. The maximum atomic E-state index is 12.8. The van der Waals surface area contributed by atoms with E-state index in [1.165, 1.54) is 4.68 Å².